The third kappa shape index (κ3) is 2.72. The Labute approximate surface area is 122 Å². The zero-order valence-electron chi connectivity index (χ0n) is 12.3. The molecule has 0 saturated carbocycles. The number of rotatable bonds is 1. The predicted octanol–water partition coefficient (Wildman–Crippen LogP) is 2.16. The molecule has 0 aromatic heterocycles. The van der Waals surface area contributed by atoms with Gasteiger partial charge in [-0.2, -0.15) is 13.2 Å². The van der Waals surface area contributed by atoms with Crippen LogP contribution in [0.5, 0.6) is 0 Å². The summed E-state index contributed by atoms with van der Waals surface area (Å²) in [6.07, 6.45) is -2.19. The lowest BCUT2D eigenvalue weighted by Crippen LogP contribution is -2.58. The lowest BCUT2D eigenvalue weighted by Gasteiger charge is -2.42. The van der Waals surface area contributed by atoms with Gasteiger partial charge in [0, 0.05) is 38.3 Å². The molecule has 0 spiro atoms. The summed E-state index contributed by atoms with van der Waals surface area (Å²) in [5, 5.41) is 0. The van der Waals surface area contributed by atoms with E-state index in [0.29, 0.717) is 0 Å². The molecular formula is C14H22F3N3O. The molecule has 120 valence electrons. The Morgan fingerprint density at radius 2 is 1.71 bits per heavy atom. The molecule has 2 amide bonds. The van der Waals surface area contributed by atoms with Gasteiger partial charge in [0.25, 0.3) is 0 Å². The second-order valence-electron chi connectivity index (χ2n) is 6.40. The second-order valence-corrected chi connectivity index (χ2v) is 6.40. The van der Waals surface area contributed by atoms with Crippen molar-refractivity contribution in [2.24, 2.45) is 5.92 Å². The van der Waals surface area contributed by atoms with Crippen molar-refractivity contribution in [2.75, 3.05) is 32.7 Å². The molecule has 3 aliphatic heterocycles. The van der Waals surface area contributed by atoms with Gasteiger partial charge in [-0.3, -0.25) is 4.90 Å². The van der Waals surface area contributed by atoms with Crippen LogP contribution in [0.3, 0.4) is 0 Å². The van der Waals surface area contributed by atoms with Gasteiger partial charge in [0.1, 0.15) is 0 Å². The van der Waals surface area contributed by atoms with Crippen LogP contribution in [0.2, 0.25) is 0 Å². The minimum Gasteiger partial charge on any atom is -0.324 e. The van der Waals surface area contributed by atoms with E-state index in [-0.39, 0.29) is 37.6 Å². The average Bonchev–Trinajstić information content (AvgIpc) is 3.01. The first-order valence-electron chi connectivity index (χ1n) is 7.76. The molecule has 3 fully saturated rings. The Morgan fingerprint density at radius 1 is 1.10 bits per heavy atom. The van der Waals surface area contributed by atoms with Crippen LogP contribution in [-0.4, -0.2) is 71.7 Å². The minimum absolute atomic E-state index is 0.0412. The first-order valence-corrected chi connectivity index (χ1v) is 7.76. The molecular weight excluding hydrogens is 283 g/mol. The highest BCUT2D eigenvalue weighted by atomic mass is 19.4. The molecule has 3 rings (SSSR count). The third-order valence-electron chi connectivity index (χ3n) is 5.15. The molecule has 0 radical (unpaired) electrons. The molecule has 21 heavy (non-hydrogen) atoms. The van der Waals surface area contributed by atoms with Gasteiger partial charge < -0.3 is 9.80 Å². The van der Waals surface area contributed by atoms with E-state index in [1.54, 1.807) is 0 Å². The Morgan fingerprint density at radius 3 is 2.19 bits per heavy atom. The summed E-state index contributed by atoms with van der Waals surface area (Å²) < 4.78 is 38.2. The van der Waals surface area contributed by atoms with Gasteiger partial charge >= 0.3 is 12.2 Å². The fourth-order valence-corrected chi connectivity index (χ4v) is 3.93. The zero-order chi connectivity index (χ0) is 15.2. The number of likely N-dealkylation sites (N-methyl/N-ethyl adjacent to an activating group) is 1. The quantitative estimate of drug-likeness (QED) is 0.742. The van der Waals surface area contributed by atoms with Crippen LogP contribution < -0.4 is 0 Å². The zero-order valence-corrected chi connectivity index (χ0v) is 12.3. The topological polar surface area (TPSA) is 26.8 Å². The molecule has 3 unspecified atom stereocenters. The van der Waals surface area contributed by atoms with Gasteiger partial charge in [-0.15, -0.1) is 0 Å². The summed E-state index contributed by atoms with van der Waals surface area (Å²) in [5.74, 6) is -1.35. The van der Waals surface area contributed by atoms with E-state index in [2.05, 4.69) is 11.8 Å². The number of urea groups is 1. The maximum Gasteiger partial charge on any atom is 0.393 e. The fourth-order valence-electron chi connectivity index (χ4n) is 3.93. The van der Waals surface area contributed by atoms with E-state index in [1.807, 2.05) is 4.90 Å². The number of amides is 2. The molecule has 4 nitrogen and oxygen atoms in total. The van der Waals surface area contributed by atoms with E-state index >= 15 is 0 Å². The normalized spacial score (nSPS) is 33.8. The number of fused-ring (bicyclic) bond motifs is 2. The van der Waals surface area contributed by atoms with Crippen LogP contribution in [-0.2, 0) is 0 Å². The second kappa shape index (κ2) is 5.34. The largest absolute Gasteiger partial charge is 0.393 e. The highest BCUT2D eigenvalue weighted by molar-refractivity contribution is 5.76. The van der Waals surface area contributed by atoms with Crippen LogP contribution in [0.1, 0.15) is 26.2 Å². The third-order valence-corrected chi connectivity index (χ3v) is 5.15. The number of piperazine rings is 1. The van der Waals surface area contributed by atoms with E-state index in [1.165, 1.54) is 4.90 Å². The number of halogens is 3. The summed E-state index contributed by atoms with van der Waals surface area (Å²) in [7, 11) is 0. The number of likely N-dealkylation sites (tertiary alicyclic amines) is 2. The monoisotopic (exact) mass is 305 g/mol. The Kier molecular flexibility index (Phi) is 3.80. The van der Waals surface area contributed by atoms with Gasteiger partial charge in [0.15, 0.2) is 0 Å². The maximum absolute atomic E-state index is 12.7. The van der Waals surface area contributed by atoms with Gasteiger partial charge in [-0.25, -0.2) is 4.79 Å². The lowest BCUT2D eigenvalue weighted by molar-refractivity contribution is -0.170. The highest BCUT2D eigenvalue weighted by Crippen LogP contribution is 2.36. The van der Waals surface area contributed by atoms with Crippen molar-refractivity contribution < 1.29 is 18.0 Å². The van der Waals surface area contributed by atoms with E-state index in [4.69, 9.17) is 0 Å². The lowest BCUT2D eigenvalue weighted by atomic mass is 10.1. The Hall–Kier alpha value is -0.980. The average molecular weight is 305 g/mol. The number of carbonyl (C=O) groups excluding carboxylic acids is 1. The van der Waals surface area contributed by atoms with Crippen LogP contribution >= 0.6 is 0 Å². The number of carbonyl (C=O) groups is 1. The van der Waals surface area contributed by atoms with Gasteiger partial charge in [-0.1, -0.05) is 6.92 Å². The summed E-state index contributed by atoms with van der Waals surface area (Å²) >= 11 is 0. The minimum atomic E-state index is -4.19. The number of hydrogen-bond acceptors (Lipinski definition) is 2. The van der Waals surface area contributed by atoms with E-state index in [0.717, 1.165) is 32.5 Å². The fraction of sp³-hybridized carbons (Fsp3) is 0.929. The van der Waals surface area contributed by atoms with Gasteiger partial charge in [-0.05, 0) is 25.8 Å². The van der Waals surface area contributed by atoms with Crippen LogP contribution in [0.25, 0.3) is 0 Å². The van der Waals surface area contributed by atoms with Gasteiger partial charge in [0.05, 0.1) is 5.92 Å². The summed E-state index contributed by atoms with van der Waals surface area (Å²) in [6, 6.07) is 0.187. The molecule has 0 aliphatic carbocycles. The molecule has 0 aromatic rings. The summed E-state index contributed by atoms with van der Waals surface area (Å²) in [5.41, 5.74) is 0. The SMILES string of the molecule is CCN1CC2CCC(C1)N2C(=O)N1CCC(C(F)(F)F)C1. The van der Waals surface area contributed by atoms with E-state index in [9.17, 15) is 18.0 Å². The van der Waals surface area contributed by atoms with Crippen molar-refractivity contribution in [3.05, 3.63) is 0 Å². The van der Waals surface area contributed by atoms with Crippen molar-refractivity contribution in [2.45, 2.75) is 44.4 Å². The van der Waals surface area contributed by atoms with Crippen molar-refractivity contribution >= 4 is 6.03 Å². The van der Waals surface area contributed by atoms with Crippen LogP contribution in [0.4, 0.5) is 18.0 Å². The number of nitrogens with zero attached hydrogens (tertiary/aromatic N) is 3. The molecule has 2 bridgehead atoms. The van der Waals surface area contributed by atoms with Crippen LogP contribution in [0.15, 0.2) is 0 Å². The molecule has 3 saturated heterocycles. The first-order chi connectivity index (χ1) is 9.90. The summed E-state index contributed by atoms with van der Waals surface area (Å²) in [4.78, 5) is 18.2. The predicted molar refractivity (Wildman–Crippen MR) is 71.9 cm³/mol. The Bertz CT molecular complexity index is 401. The smallest absolute Gasteiger partial charge is 0.324 e. The standard InChI is InChI=1S/C14H22F3N3O/c1-2-18-8-11-3-4-12(9-18)20(11)13(21)19-6-5-10(7-19)14(15,16)17/h10-12H,2-9H2,1H3. The van der Waals surface area contributed by atoms with Gasteiger partial charge in [0.2, 0.25) is 0 Å². The molecule has 7 heteroatoms. The maximum atomic E-state index is 12.7. The van der Waals surface area contributed by atoms with Crippen molar-refractivity contribution in [3.63, 3.8) is 0 Å². The molecule has 3 heterocycles. The van der Waals surface area contributed by atoms with E-state index < -0.39 is 12.1 Å². The molecule has 0 N–H and O–H groups in total. The van der Waals surface area contributed by atoms with Crippen LogP contribution in [0, 0.1) is 5.92 Å². The molecule has 3 aliphatic rings. The number of hydrogen-bond donors (Lipinski definition) is 0. The number of alkyl halides is 3. The highest BCUT2D eigenvalue weighted by Gasteiger charge is 2.48. The van der Waals surface area contributed by atoms with Crippen molar-refractivity contribution in [1.82, 2.24) is 14.7 Å². The Balaban J connectivity index is 1.65. The van der Waals surface area contributed by atoms with Crippen molar-refractivity contribution in [1.29, 1.82) is 0 Å². The summed E-state index contributed by atoms with van der Waals surface area (Å²) in [6.45, 7) is 4.84. The first kappa shape index (κ1) is 14.9. The van der Waals surface area contributed by atoms with Crippen molar-refractivity contribution in [3.8, 4) is 0 Å². The molecule has 0 aromatic carbocycles. The molecule has 3 atom stereocenters.